The molecule has 2 unspecified atom stereocenters. The highest BCUT2D eigenvalue weighted by Gasteiger charge is 2.20. The molecule has 0 aromatic heterocycles. The lowest BCUT2D eigenvalue weighted by atomic mass is 10.0. The van der Waals surface area contributed by atoms with E-state index < -0.39 is 5.83 Å². The van der Waals surface area contributed by atoms with E-state index in [2.05, 4.69) is 5.32 Å². The zero-order chi connectivity index (χ0) is 13.5. The van der Waals surface area contributed by atoms with Gasteiger partial charge in [-0.2, -0.15) is 0 Å². The van der Waals surface area contributed by atoms with Crippen LogP contribution in [0.15, 0.2) is 34.8 Å². The summed E-state index contributed by atoms with van der Waals surface area (Å²) in [6.45, 7) is 1.76. The largest absolute Gasteiger partial charge is 0.386 e. The predicted molar refractivity (Wildman–Crippen MR) is 75.9 cm³/mol. The Morgan fingerprint density at radius 1 is 1.50 bits per heavy atom. The van der Waals surface area contributed by atoms with Crippen molar-refractivity contribution in [2.75, 3.05) is 7.05 Å². The van der Waals surface area contributed by atoms with Crippen LogP contribution in [-0.4, -0.2) is 13.1 Å². The first-order chi connectivity index (χ1) is 8.58. The lowest BCUT2D eigenvalue weighted by Gasteiger charge is -2.06. The fourth-order valence-electron chi connectivity index (χ4n) is 2.27. The molecule has 1 saturated carbocycles. The van der Waals surface area contributed by atoms with Gasteiger partial charge in [0.05, 0.1) is 10.7 Å². The highest BCUT2D eigenvalue weighted by molar-refractivity contribution is 6.31. The lowest BCUT2D eigenvalue weighted by molar-refractivity contribution is 0.545. The molecule has 2 atom stereocenters. The van der Waals surface area contributed by atoms with E-state index in [0.29, 0.717) is 17.7 Å². The molecule has 0 saturated heterocycles. The van der Waals surface area contributed by atoms with Gasteiger partial charge in [-0.25, -0.2) is 4.39 Å². The quantitative estimate of drug-likeness (QED) is 0.751. The molecule has 1 aliphatic rings. The average Bonchev–Trinajstić information content (AvgIpc) is 2.76. The minimum atomic E-state index is -0.416. The second-order valence-electron chi connectivity index (χ2n) is 4.69. The number of likely N-dealkylation sites (N-methyl/N-ethyl adjacent to an activating group) is 1. The third-order valence-electron chi connectivity index (χ3n) is 3.32. The molecule has 1 rings (SSSR count). The van der Waals surface area contributed by atoms with Crippen molar-refractivity contribution in [1.29, 1.82) is 0 Å². The second-order valence-corrected chi connectivity index (χ2v) is 5.10. The number of nitrogens with two attached hydrogens (primary N) is 1. The van der Waals surface area contributed by atoms with Gasteiger partial charge in [-0.05, 0) is 44.6 Å². The topological polar surface area (TPSA) is 38.0 Å². The Balaban J connectivity index is 2.53. The molecule has 0 spiro atoms. The first-order valence-electron chi connectivity index (χ1n) is 6.40. The van der Waals surface area contributed by atoms with Crippen LogP contribution in [0.5, 0.6) is 0 Å². The lowest BCUT2D eigenvalue weighted by Crippen LogP contribution is -2.14. The molecular weight excluding hydrogens is 251 g/mol. The van der Waals surface area contributed by atoms with Gasteiger partial charge in [-0.3, -0.25) is 0 Å². The molecule has 0 aromatic rings. The van der Waals surface area contributed by atoms with Crippen LogP contribution in [0.4, 0.5) is 4.39 Å². The van der Waals surface area contributed by atoms with Gasteiger partial charge < -0.3 is 11.1 Å². The van der Waals surface area contributed by atoms with E-state index in [0.717, 1.165) is 25.7 Å². The van der Waals surface area contributed by atoms with Crippen molar-refractivity contribution in [3.63, 3.8) is 0 Å². The maximum Gasteiger partial charge on any atom is 0.164 e. The molecule has 1 fully saturated rings. The molecule has 102 valence electrons. The van der Waals surface area contributed by atoms with E-state index in [9.17, 15) is 4.39 Å². The van der Waals surface area contributed by atoms with Crippen LogP contribution in [0, 0.1) is 5.92 Å². The maximum atomic E-state index is 13.8. The molecule has 0 amide bonds. The van der Waals surface area contributed by atoms with Crippen LogP contribution in [0.3, 0.4) is 0 Å². The average molecular weight is 273 g/mol. The summed E-state index contributed by atoms with van der Waals surface area (Å²) in [6.07, 6.45) is 9.47. The van der Waals surface area contributed by atoms with E-state index in [-0.39, 0.29) is 5.03 Å². The highest BCUT2D eigenvalue weighted by Crippen LogP contribution is 2.28. The predicted octanol–water partition coefficient (Wildman–Crippen LogP) is 3.60. The smallest absolute Gasteiger partial charge is 0.164 e. The van der Waals surface area contributed by atoms with Gasteiger partial charge in [0, 0.05) is 13.1 Å². The second kappa shape index (κ2) is 7.59. The van der Waals surface area contributed by atoms with Gasteiger partial charge in [0.1, 0.15) is 0 Å². The van der Waals surface area contributed by atoms with E-state index >= 15 is 0 Å². The van der Waals surface area contributed by atoms with Crippen LogP contribution in [0.25, 0.3) is 0 Å². The van der Waals surface area contributed by atoms with Gasteiger partial charge in [-0.1, -0.05) is 23.8 Å². The fraction of sp³-hybridized carbons (Fsp3) is 0.571. The number of hydrogen-bond acceptors (Lipinski definition) is 2. The minimum absolute atomic E-state index is 0.139. The Bertz CT molecular complexity index is 361. The van der Waals surface area contributed by atoms with Crippen molar-refractivity contribution in [2.45, 2.75) is 38.6 Å². The fourth-order valence-corrected chi connectivity index (χ4v) is 2.47. The van der Waals surface area contributed by atoms with Gasteiger partial charge in [0.2, 0.25) is 0 Å². The number of hydrogen-bond donors (Lipinski definition) is 2. The first kappa shape index (κ1) is 15.3. The molecule has 2 nitrogen and oxygen atoms in total. The van der Waals surface area contributed by atoms with Crippen molar-refractivity contribution in [2.24, 2.45) is 11.7 Å². The van der Waals surface area contributed by atoms with Crippen molar-refractivity contribution in [1.82, 2.24) is 5.32 Å². The van der Waals surface area contributed by atoms with Gasteiger partial charge >= 0.3 is 0 Å². The van der Waals surface area contributed by atoms with Crippen molar-refractivity contribution in [3.8, 4) is 0 Å². The molecule has 4 heteroatoms. The molecule has 0 radical (unpaired) electrons. The SMILES string of the molecule is C\C=C(NC)/C(F)=C(Cl)\C=C\CC1CCC(N)C1. The standard InChI is InChI=1S/C14H22ClFN2/c1-3-13(18-2)14(16)12(15)6-4-5-10-7-8-11(17)9-10/h3-4,6,10-11,18H,5,7-9,17H2,1-2H3/b6-4+,13-3+,14-12-. The van der Waals surface area contributed by atoms with Gasteiger partial charge in [-0.15, -0.1) is 0 Å². The summed E-state index contributed by atoms with van der Waals surface area (Å²) in [5.41, 5.74) is 6.26. The summed E-state index contributed by atoms with van der Waals surface area (Å²) in [5, 5.41) is 2.90. The molecule has 0 bridgehead atoms. The van der Waals surface area contributed by atoms with Crippen LogP contribution in [0.1, 0.15) is 32.6 Å². The Labute approximate surface area is 114 Å². The van der Waals surface area contributed by atoms with Crippen molar-refractivity contribution >= 4 is 11.6 Å². The molecule has 0 heterocycles. The summed E-state index contributed by atoms with van der Waals surface area (Å²) in [7, 11) is 1.67. The number of allylic oxidation sites excluding steroid dienone is 5. The van der Waals surface area contributed by atoms with Gasteiger partial charge in [0.25, 0.3) is 0 Å². The van der Waals surface area contributed by atoms with E-state index in [1.807, 2.05) is 6.08 Å². The first-order valence-corrected chi connectivity index (χ1v) is 6.78. The summed E-state index contributed by atoms with van der Waals surface area (Å²) in [4.78, 5) is 0. The summed E-state index contributed by atoms with van der Waals surface area (Å²) >= 11 is 5.91. The van der Waals surface area contributed by atoms with Gasteiger partial charge in [0.15, 0.2) is 5.83 Å². The van der Waals surface area contributed by atoms with E-state index in [1.54, 1.807) is 26.1 Å². The van der Waals surface area contributed by atoms with E-state index in [1.165, 1.54) is 0 Å². The monoisotopic (exact) mass is 272 g/mol. The molecular formula is C14H22ClFN2. The molecule has 0 aromatic carbocycles. The zero-order valence-electron chi connectivity index (χ0n) is 11.0. The normalized spacial score (nSPS) is 26.6. The Morgan fingerprint density at radius 3 is 2.72 bits per heavy atom. The van der Waals surface area contributed by atoms with E-state index in [4.69, 9.17) is 17.3 Å². The third-order valence-corrected chi connectivity index (χ3v) is 3.61. The number of rotatable bonds is 5. The Kier molecular flexibility index (Phi) is 6.44. The highest BCUT2D eigenvalue weighted by atomic mass is 35.5. The van der Waals surface area contributed by atoms with Crippen LogP contribution < -0.4 is 11.1 Å². The molecule has 1 aliphatic carbocycles. The molecule has 3 N–H and O–H groups in total. The number of halogens is 2. The van der Waals surface area contributed by atoms with Crippen LogP contribution in [0.2, 0.25) is 0 Å². The molecule has 18 heavy (non-hydrogen) atoms. The minimum Gasteiger partial charge on any atom is -0.386 e. The summed E-state index contributed by atoms with van der Waals surface area (Å²) < 4.78 is 13.8. The van der Waals surface area contributed by atoms with Crippen LogP contribution >= 0.6 is 11.6 Å². The third kappa shape index (κ3) is 4.46. The molecule has 0 aliphatic heterocycles. The Hall–Kier alpha value is -0.800. The maximum absolute atomic E-state index is 13.8. The van der Waals surface area contributed by atoms with Crippen molar-refractivity contribution < 1.29 is 4.39 Å². The van der Waals surface area contributed by atoms with Crippen LogP contribution in [-0.2, 0) is 0 Å². The summed E-state index contributed by atoms with van der Waals surface area (Å²) in [5.74, 6) is 0.204. The number of nitrogens with one attached hydrogen (secondary N) is 1. The zero-order valence-corrected chi connectivity index (χ0v) is 11.8. The summed E-state index contributed by atoms with van der Waals surface area (Å²) in [6, 6.07) is 0.338. The van der Waals surface area contributed by atoms with Crippen molar-refractivity contribution in [3.05, 3.63) is 34.8 Å². The Morgan fingerprint density at radius 2 is 2.22 bits per heavy atom.